The van der Waals surface area contributed by atoms with E-state index in [1.165, 1.54) is 12.1 Å². The third kappa shape index (κ3) is 3.88. The number of anilines is 2. The summed E-state index contributed by atoms with van der Waals surface area (Å²) in [5, 5.41) is 15.6. The Morgan fingerprint density at radius 3 is 2.21 bits per heavy atom. The highest BCUT2D eigenvalue weighted by molar-refractivity contribution is 6.43. The lowest BCUT2D eigenvalue weighted by Crippen LogP contribution is -2.29. The van der Waals surface area contributed by atoms with Crippen LogP contribution in [0.25, 0.3) is 0 Å². The third-order valence-corrected chi connectivity index (χ3v) is 3.65. The second-order valence-corrected chi connectivity index (χ2v) is 5.51. The highest BCUT2D eigenvalue weighted by atomic mass is 35.5. The fourth-order valence-electron chi connectivity index (χ4n) is 2.10. The molecule has 2 aromatic carbocycles. The predicted octanol–water partition coefficient (Wildman–Crippen LogP) is 3.44. The van der Waals surface area contributed by atoms with Gasteiger partial charge in [0.25, 0.3) is 5.69 Å². The quantitative estimate of drug-likeness (QED) is 0.504. The van der Waals surface area contributed by atoms with Gasteiger partial charge in [0.05, 0.1) is 4.92 Å². The molecule has 2 amide bonds. The highest BCUT2D eigenvalue weighted by Gasteiger charge is 2.18. The minimum absolute atomic E-state index is 0.0574. The average molecular weight is 348 g/mol. The number of benzene rings is 2. The number of nitro groups is 1. The van der Waals surface area contributed by atoms with Gasteiger partial charge in [0.2, 0.25) is 0 Å². The van der Waals surface area contributed by atoms with Crippen molar-refractivity contribution in [2.24, 2.45) is 0 Å². The molecule has 0 fully saturated rings. The van der Waals surface area contributed by atoms with E-state index >= 15 is 0 Å². The molecule has 2 N–H and O–H groups in total. The van der Waals surface area contributed by atoms with Crippen molar-refractivity contribution < 1.29 is 14.5 Å². The number of nitro benzene ring substituents is 1. The summed E-state index contributed by atoms with van der Waals surface area (Å²) in [5.74, 6) is -1.81. The van der Waals surface area contributed by atoms with E-state index in [0.29, 0.717) is 5.69 Å². The van der Waals surface area contributed by atoms with Crippen molar-refractivity contribution >= 4 is 40.5 Å². The number of hydrogen-bond acceptors (Lipinski definition) is 4. The second-order valence-electron chi connectivity index (χ2n) is 5.10. The van der Waals surface area contributed by atoms with E-state index in [2.05, 4.69) is 10.6 Å². The van der Waals surface area contributed by atoms with Crippen LogP contribution >= 0.6 is 11.6 Å². The van der Waals surface area contributed by atoms with Gasteiger partial charge in [0, 0.05) is 17.4 Å². The van der Waals surface area contributed by atoms with Gasteiger partial charge in [-0.3, -0.25) is 19.7 Å². The lowest BCUT2D eigenvalue weighted by atomic mass is 10.1. The van der Waals surface area contributed by atoms with Crippen LogP contribution in [0.15, 0.2) is 36.4 Å². The molecular weight excluding hydrogens is 334 g/mol. The summed E-state index contributed by atoms with van der Waals surface area (Å²) in [4.78, 5) is 34.2. The van der Waals surface area contributed by atoms with E-state index in [1.807, 2.05) is 32.0 Å². The van der Waals surface area contributed by atoms with Gasteiger partial charge in [-0.25, -0.2) is 0 Å². The maximum atomic E-state index is 12.0. The van der Waals surface area contributed by atoms with Gasteiger partial charge in [-0.05, 0) is 37.1 Å². The van der Waals surface area contributed by atoms with E-state index in [9.17, 15) is 19.7 Å². The van der Waals surface area contributed by atoms with E-state index < -0.39 is 16.7 Å². The molecule has 0 aromatic heterocycles. The predicted molar refractivity (Wildman–Crippen MR) is 91.3 cm³/mol. The molecular formula is C16H14ClN3O4. The molecule has 0 aliphatic rings. The molecule has 0 unspecified atom stereocenters. The van der Waals surface area contributed by atoms with Crippen LogP contribution in [0.3, 0.4) is 0 Å². The maximum absolute atomic E-state index is 12.0. The Morgan fingerprint density at radius 1 is 1.04 bits per heavy atom. The van der Waals surface area contributed by atoms with Gasteiger partial charge in [0.1, 0.15) is 5.02 Å². The molecule has 0 spiro atoms. The molecule has 24 heavy (non-hydrogen) atoms. The number of halogens is 1. The molecule has 7 nitrogen and oxygen atoms in total. The summed E-state index contributed by atoms with van der Waals surface area (Å²) in [7, 11) is 0. The summed E-state index contributed by atoms with van der Waals surface area (Å²) < 4.78 is 0. The van der Waals surface area contributed by atoms with Crippen molar-refractivity contribution in [2.45, 2.75) is 13.8 Å². The largest absolute Gasteiger partial charge is 0.318 e. The summed E-state index contributed by atoms with van der Waals surface area (Å²) >= 11 is 5.70. The number of para-hydroxylation sites is 1. The van der Waals surface area contributed by atoms with Crippen LogP contribution in [0.2, 0.25) is 5.02 Å². The monoisotopic (exact) mass is 347 g/mol. The molecule has 0 bridgehead atoms. The van der Waals surface area contributed by atoms with Crippen molar-refractivity contribution in [3.63, 3.8) is 0 Å². The normalized spacial score (nSPS) is 10.1. The van der Waals surface area contributed by atoms with E-state index in [-0.39, 0.29) is 16.4 Å². The number of aryl methyl sites for hydroxylation is 2. The molecule has 0 atom stereocenters. The Kier molecular flexibility index (Phi) is 5.15. The van der Waals surface area contributed by atoms with Crippen molar-refractivity contribution in [3.8, 4) is 0 Å². The number of amides is 2. The van der Waals surface area contributed by atoms with Crippen LogP contribution in [0, 0.1) is 24.0 Å². The van der Waals surface area contributed by atoms with Gasteiger partial charge in [-0.15, -0.1) is 0 Å². The molecule has 8 heteroatoms. The molecule has 0 saturated heterocycles. The molecule has 0 heterocycles. The maximum Gasteiger partial charge on any atom is 0.314 e. The molecule has 0 aliphatic carbocycles. The standard InChI is InChI=1S/C16H14ClN3O4/c1-9-4-3-5-10(2)14(9)19-16(22)15(21)18-11-6-7-12(17)13(8-11)20(23)24/h3-8H,1-2H3,(H,18,21)(H,19,22). The Balaban J connectivity index is 2.14. The molecule has 124 valence electrons. The smallest absolute Gasteiger partial charge is 0.314 e. The number of carbonyl (C=O) groups is 2. The number of nitrogens with zero attached hydrogens (tertiary/aromatic N) is 1. The molecule has 2 rings (SSSR count). The first-order chi connectivity index (χ1) is 11.3. The fourth-order valence-corrected chi connectivity index (χ4v) is 2.29. The van der Waals surface area contributed by atoms with Crippen molar-refractivity contribution in [1.82, 2.24) is 0 Å². The van der Waals surface area contributed by atoms with Gasteiger partial charge in [0.15, 0.2) is 0 Å². The summed E-state index contributed by atoms with van der Waals surface area (Å²) in [6.45, 7) is 3.62. The Morgan fingerprint density at radius 2 is 1.62 bits per heavy atom. The Hall–Kier alpha value is -2.93. The zero-order valence-corrected chi connectivity index (χ0v) is 13.7. The first-order valence-electron chi connectivity index (χ1n) is 6.92. The van der Waals surface area contributed by atoms with Gasteiger partial charge < -0.3 is 10.6 Å². The minimum Gasteiger partial charge on any atom is -0.318 e. The van der Waals surface area contributed by atoms with Crippen molar-refractivity contribution in [2.75, 3.05) is 10.6 Å². The zero-order chi connectivity index (χ0) is 17.9. The van der Waals surface area contributed by atoms with Gasteiger partial charge >= 0.3 is 11.8 Å². The number of hydrogen-bond donors (Lipinski definition) is 2. The Bertz CT molecular complexity index is 816. The SMILES string of the molecule is Cc1cccc(C)c1NC(=O)C(=O)Nc1ccc(Cl)c([N+](=O)[O-])c1. The Labute approximate surface area is 142 Å². The van der Waals surface area contributed by atoms with Crippen LogP contribution in [0.5, 0.6) is 0 Å². The first-order valence-corrected chi connectivity index (χ1v) is 7.30. The van der Waals surface area contributed by atoms with E-state index in [0.717, 1.165) is 17.2 Å². The first kappa shape index (κ1) is 17.4. The minimum atomic E-state index is -0.936. The van der Waals surface area contributed by atoms with Crippen molar-refractivity contribution in [1.29, 1.82) is 0 Å². The molecule has 0 aliphatic heterocycles. The van der Waals surface area contributed by atoms with Gasteiger partial charge in [-0.2, -0.15) is 0 Å². The summed E-state index contributed by atoms with van der Waals surface area (Å²) in [6, 6.07) is 9.20. The molecule has 0 radical (unpaired) electrons. The van der Waals surface area contributed by atoms with Crippen LogP contribution in [-0.4, -0.2) is 16.7 Å². The van der Waals surface area contributed by atoms with Crippen LogP contribution in [0.4, 0.5) is 17.1 Å². The van der Waals surface area contributed by atoms with E-state index in [1.54, 1.807) is 0 Å². The number of carbonyl (C=O) groups excluding carboxylic acids is 2. The number of rotatable bonds is 3. The van der Waals surface area contributed by atoms with Crippen LogP contribution in [0.1, 0.15) is 11.1 Å². The van der Waals surface area contributed by atoms with Crippen LogP contribution < -0.4 is 10.6 Å². The average Bonchev–Trinajstić information content (AvgIpc) is 2.52. The lowest BCUT2D eigenvalue weighted by molar-refractivity contribution is -0.384. The second kappa shape index (κ2) is 7.10. The third-order valence-electron chi connectivity index (χ3n) is 3.33. The molecule has 2 aromatic rings. The van der Waals surface area contributed by atoms with Crippen LogP contribution in [-0.2, 0) is 9.59 Å². The van der Waals surface area contributed by atoms with Gasteiger partial charge in [-0.1, -0.05) is 29.8 Å². The zero-order valence-electron chi connectivity index (χ0n) is 12.9. The van der Waals surface area contributed by atoms with E-state index in [4.69, 9.17) is 11.6 Å². The fraction of sp³-hybridized carbons (Fsp3) is 0.125. The summed E-state index contributed by atoms with van der Waals surface area (Å²) in [6.07, 6.45) is 0. The lowest BCUT2D eigenvalue weighted by Gasteiger charge is -2.11. The topological polar surface area (TPSA) is 101 Å². The van der Waals surface area contributed by atoms with Crippen molar-refractivity contribution in [3.05, 3.63) is 62.7 Å². The number of nitrogens with one attached hydrogen (secondary N) is 2. The highest BCUT2D eigenvalue weighted by Crippen LogP contribution is 2.27. The molecule has 0 saturated carbocycles. The summed E-state index contributed by atoms with van der Waals surface area (Å²) in [5.41, 5.74) is 1.94.